The van der Waals surface area contributed by atoms with Crippen molar-refractivity contribution in [3.63, 3.8) is 0 Å². The molecule has 0 amide bonds. The molecule has 0 atom stereocenters. The van der Waals surface area contributed by atoms with Gasteiger partial charge in [0, 0.05) is 16.0 Å². The number of halogens is 2. The summed E-state index contributed by atoms with van der Waals surface area (Å²) in [6.07, 6.45) is 0. The molecule has 2 aromatic carbocycles. The van der Waals surface area contributed by atoms with E-state index in [9.17, 15) is 0 Å². The van der Waals surface area contributed by atoms with Crippen LogP contribution in [0.1, 0.15) is 16.7 Å². The molecule has 0 unspecified atom stereocenters. The van der Waals surface area contributed by atoms with Crippen LogP contribution in [0.4, 0.5) is 0 Å². The van der Waals surface area contributed by atoms with E-state index in [4.69, 9.17) is 22.1 Å². The highest BCUT2D eigenvalue weighted by Gasteiger charge is 2.02. The quantitative estimate of drug-likeness (QED) is 0.882. The Bertz CT molecular complexity index is 560. The maximum absolute atomic E-state index is 5.92. The van der Waals surface area contributed by atoms with E-state index in [1.165, 1.54) is 0 Å². The van der Waals surface area contributed by atoms with Gasteiger partial charge in [-0.2, -0.15) is 0 Å². The van der Waals surface area contributed by atoms with Crippen molar-refractivity contribution in [2.24, 2.45) is 5.73 Å². The topological polar surface area (TPSA) is 35.2 Å². The normalized spacial score (nSPS) is 10.7. The van der Waals surface area contributed by atoms with Gasteiger partial charge >= 0.3 is 0 Å². The summed E-state index contributed by atoms with van der Waals surface area (Å²) in [7, 11) is 0. The first-order chi connectivity index (χ1) is 9.19. The van der Waals surface area contributed by atoms with Gasteiger partial charge in [-0.15, -0.1) is 0 Å². The van der Waals surface area contributed by atoms with Crippen LogP contribution in [-0.4, -0.2) is 0 Å². The molecule has 0 saturated heterocycles. The highest BCUT2D eigenvalue weighted by Crippen LogP contribution is 2.20. The van der Waals surface area contributed by atoms with Crippen molar-refractivity contribution in [3.05, 3.63) is 68.7 Å². The third-order valence-electron chi connectivity index (χ3n) is 2.77. The van der Waals surface area contributed by atoms with Crippen molar-refractivity contribution in [1.29, 1.82) is 0 Å². The lowest BCUT2D eigenvalue weighted by Gasteiger charge is -2.08. The first kappa shape index (κ1) is 14.5. The minimum absolute atomic E-state index is 0.544. The molecular weight excluding hydrogens is 326 g/mol. The van der Waals surface area contributed by atoms with Gasteiger partial charge in [0.2, 0.25) is 0 Å². The van der Waals surface area contributed by atoms with Gasteiger partial charge in [0.05, 0.1) is 13.2 Å². The molecule has 2 N–H and O–H groups in total. The molecule has 4 heteroatoms. The number of ether oxygens (including phenoxy) is 1. The van der Waals surface area contributed by atoms with Crippen molar-refractivity contribution >= 4 is 27.5 Å². The Morgan fingerprint density at radius 3 is 2.58 bits per heavy atom. The first-order valence-corrected chi connectivity index (χ1v) is 7.15. The zero-order valence-corrected chi connectivity index (χ0v) is 12.7. The predicted molar refractivity (Wildman–Crippen MR) is 82.0 cm³/mol. The lowest BCUT2D eigenvalue weighted by molar-refractivity contribution is 0.107. The smallest absolute Gasteiger partial charge is 0.0732 e. The van der Waals surface area contributed by atoms with Gasteiger partial charge in [-0.3, -0.25) is 0 Å². The second-order valence-corrected chi connectivity index (χ2v) is 5.54. The van der Waals surface area contributed by atoms with Crippen LogP contribution in [0, 0.1) is 0 Å². The standard InChI is InChI=1S/C15H15BrClNO/c16-15-7-11(8-18)4-5-13(15)10-19-9-12-2-1-3-14(17)6-12/h1-7H,8-10,18H2. The molecule has 0 saturated carbocycles. The summed E-state index contributed by atoms with van der Waals surface area (Å²) in [5.41, 5.74) is 8.88. The van der Waals surface area contributed by atoms with Crippen LogP contribution in [0.5, 0.6) is 0 Å². The fraction of sp³-hybridized carbons (Fsp3) is 0.200. The van der Waals surface area contributed by atoms with Gasteiger partial charge in [-0.05, 0) is 34.9 Å². The highest BCUT2D eigenvalue weighted by molar-refractivity contribution is 9.10. The fourth-order valence-corrected chi connectivity index (χ4v) is 2.49. The minimum Gasteiger partial charge on any atom is -0.372 e. The average molecular weight is 341 g/mol. The van der Waals surface area contributed by atoms with E-state index >= 15 is 0 Å². The number of hydrogen-bond acceptors (Lipinski definition) is 2. The lowest BCUT2D eigenvalue weighted by atomic mass is 10.1. The molecule has 2 nitrogen and oxygen atoms in total. The lowest BCUT2D eigenvalue weighted by Crippen LogP contribution is -1.99. The van der Waals surface area contributed by atoms with Gasteiger partial charge in [0.25, 0.3) is 0 Å². The largest absolute Gasteiger partial charge is 0.372 e. The summed E-state index contributed by atoms with van der Waals surface area (Å²) in [5, 5.41) is 0.731. The summed E-state index contributed by atoms with van der Waals surface area (Å²) >= 11 is 9.45. The summed E-state index contributed by atoms with van der Waals surface area (Å²) < 4.78 is 6.72. The Labute approximate surface area is 126 Å². The van der Waals surface area contributed by atoms with Gasteiger partial charge in [0.15, 0.2) is 0 Å². The second-order valence-electron chi connectivity index (χ2n) is 4.25. The molecule has 2 aromatic rings. The molecule has 0 aromatic heterocycles. The molecule has 2 rings (SSSR count). The van der Waals surface area contributed by atoms with E-state index in [0.29, 0.717) is 19.8 Å². The van der Waals surface area contributed by atoms with E-state index < -0.39 is 0 Å². The summed E-state index contributed by atoms with van der Waals surface area (Å²) in [6.45, 7) is 1.64. The van der Waals surface area contributed by atoms with Crippen LogP contribution in [-0.2, 0) is 24.5 Å². The van der Waals surface area contributed by atoms with E-state index in [1.54, 1.807) is 0 Å². The Balaban J connectivity index is 1.92. The van der Waals surface area contributed by atoms with E-state index in [-0.39, 0.29) is 0 Å². The molecular formula is C15H15BrClNO. The third kappa shape index (κ3) is 4.32. The van der Waals surface area contributed by atoms with E-state index in [0.717, 1.165) is 26.2 Å². The highest BCUT2D eigenvalue weighted by atomic mass is 79.9. The van der Waals surface area contributed by atoms with Crippen molar-refractivity contribution in [2.75, 3.05) is 0 Å². The van der Waals surface area contributed by atoms with Crippen molar-refractivity contribution in [3.8, 4) is 0 Å². The van der Waals surface area contributed by atoms with Crippen LogP contribution in [0.15, 0.2) is 46.9 Å². The Morgan fingerprint density at radius 1 is 1.05 bits per heavy atom. The molecule has 0 radical (unpaired) electrons. The van der Waals surface area contributed by atoms with Crippen LogP contribution in [0.25, 0.3) is 0 Å². The van der Waals surface area contributed by atoms with Crippen molar-refractivity contribution < 1.29 is 4.74 Å². The van der Waals surface area contributed by atoms with Crippen molar-refractivity contribution in [1.82, 2.24) is 0 Å². The Morgan fingerprint density at radius 2 is 1.89 bits per heavy atom. The van der Waals surface area contributed by atoms with E-state index in [1.807, 2.05) is 42.5 Å². The van der Waals surface area contributed by atoms with Gasteiger partial charge in [-0.1, -0.05) is 51.8 Å². The molecule has 0 bridgehead atoms. The molecule has 100 valence electrons. The van der Waals surface area contributed by atoms with Crippen LogP contribution in [0.3, 0.4) is 0 Å². The summed E-state index contributed by atoms with van der Waals surface area (Å²) in [6, 6.07) is 13.8. The maximum atomic E-state index is 5.92. The third-order valence-corrected chi connectivity index (χ3v) is 3.74. The fourth-order valence-electron chi connectivity index (χ4n) is 1.74. The van der Waals surface area contributed by atoms with Gasteiger partial charge < -0.3 is 10.5 Å². The molecule has 0 aliphatic carbocycles. The molecule has 0 heterocycles. The Hall–Kier alpha value is -0.870. The summed E-state index contributed by atoms with van der Waals surface area (Å²) in [4.78, 5) is 0. The van der Waals surface area contributed by atoms with Gasteiger partial charge in [-0.25, -0.2) is 0 Å². The average Bonchev–Trinajstić information content (AvgIpc) is 2.40. The molecule has 0 fully saturated rings. The monoisotopic (exact) mass is 339 g/mol. The number of hydrogen-bond donors (Lipinski definition) is 1. The first-order valence-electron chi connectivity index (χ1n) is 5.98. The molecule has 0 aliphatic rings. The van der Waals surface area contributed by atoms with Crippen LogP contribution in [0.2, 0.25) is 5.02 Å². The Kier molecular flexibility index (Phi) is 5.40. The zero-order valence-electron chi connectivity index (χ0n) is 10.4. The minimum atomic E-state index is 0.544. The molecule has 0 aliphatic heterocycles. The zero-order chi connectivity index (χ0) is 13.7. The number of rotatable bonds is 5. The second kappa shape index (κ2) is 7.06. The molecule has 19 heavy (non-hydrogen) atoms. The van der Waals surface area contributed by atoms with Crippen molar-refractivity contribution in [2.45, 2.75) is 19.8 Å². The SMILES string of the molecule is NCc1ccc(COCc2cccc(Cl)c2)c(Br)c1. The predicted octanol–water partition coefficient (Wildman–Crippen LogP) is 4.28. The van der Waals surface area contributed by atoms with Crippen LogP contribution < -0.4 is 5.73 Å². The maximum Gasteiger partial charge on any atom is 0.0732 e. The molecule has 0 spiro atoms. The van der Waals surface area contributed by atoms with E-state index in [2.05, 4.69) is 15.9 Å². The number of nitrogens with two attached hydrogens (primary N) is 1. The number of benzene rings is 2. The summed E-state index contributed by atoms with van der Waals surface area (Å²) in [5.74, 6) is 0. The van der Waals surface area contributed by atoms with Crippen LogP contribution >= 0.6 is 27.5 Å². The van der Waals surface area contributed by atoms with Gasteiger partial charge in [0.1, 0.15) is 0 Å².